The third-order valence-electron chi connectivity index (χ3n) is 3.74. The Kier molecular flexibility index (Phi) is 6.31. The minimum atomic E-state index is 0.481. The highest BCUT2D eigenvalue weighted by atomic mass is 16.5. The van der Waals surface area contributed by atoms with Crippen LogP contribution in [0.5, 0.6) is 17.2 Å². The molecule has 5 heteroatoms. The standard InChI is InChI=1S/C21H22N2O3/c1-24-18-9-11-20(12-10-18)26-15-14-25-19-7-5-17(6-8-19)16-23-21-4-2-3-13-22-21/h2-13H,14-16H2,1H3,(H,22,23). The largest absolute Gasteiger partial charge is 0.497 e. The number of rotatable bonds is 9. The summed E-state index contributed by atoms with van der Waals surface area (Å²) in [6.07, 6.45) is 1.77. The number of benzene rings is 2. The lowest BCUT2D eigenvalue weighted by Gasteiger charge is -2.10. The summed E-state index contributed by atoms with van der Waals surface area (Å²) in [6.45, 7) is 1.69. The van der Waals surface area contributed by atoms with Gasteiger partial charge in [-0.2, -0.15) is 0 Å². The van der Waals surface area contributed by atoms with Gasteiger partial charge in [-0.1, -0.05) is 18.2 Å². The zero-order valence-electron chi connectivity index (χ0n) is 14.7. The van der Waals surface area contributed by atoms with E-state index in [0.717, 1.165) is 35.2 Å². The van der Waals surface area contributed by atoms with Crippen LogP contribution in [-0.4, -0.2) is 25.3 Å². The molecule has 0 unspecified atom stereocenters. The Morgan fingerprint density at radius 2 is 1.38 bits per heavy atom. The van der Waals surface area contributed by atoms with Crippen LogP contribution in [-0.2, 0) is 6.54 Å². The highest BCUT2D eigenvalue weighted by Gasteiger charge is 1.99. The van der Waals surface area contributed by atoms with Crippen LogP contribution in [0.4, 0.5) is 5.82 Å². The highest BCUT2D eigenvalue weighted by Crippen LogP contribution is 2.17. The smallest absolute Gasteiger partial charge is 0.126 e. The quantitative estimate of drug-likeness (QED) is 0.587. The van der Waals surface area contributed by atoms with E-state index in [4.69, 9.17) is 14.2 Å². The summed E-state index contributed by atoms with van der Waals surface area (Å²) < 4.78 is 16.5. The first-order valence-electron chi connectivity index (χ1n) is 8.47. The van der Waals surface area contributed by atoms with Crippen LogP contribution in [0.3, 0.4) is 0 Å². The molecule has 5 nitrogen and oxygen atoms in total. The Morgan fingerprint density at radius 1 is 0.769 bits per heavy atom. The van der Waals surface area contributed by atoms with Gasteiger partial charge in [-0.25, -0.2) is 4.98 Å². The predicted molar refractivity (Wildman–Crippen MR) is 102 cm³/mol. The van der Waals surface area contributed by atoms with Crippen LogP contribution < -0.4 is 19.5 Å². The number of hydrogen-bond acceptors (Lipinski definition) is 5. The molecule has 134 valence electrons. The number of nitrogens with zero attached hydrogens (tertiary/aromatic N) is 1. The average molecular weight is 350 g/mol. The summed E-state index contributed by atoms with van der Waals surface area (Å²) in [5.41, 5.74) is 1.16. The first-order valence-corrected chi connectivity index (χ1v) is 8.47. The van der Waals surface area contributed by atoms with Crippen molar-refractivity contribution in [2.75, 3.05) is 25.6 Å². The molecule has 0 aliphatic carbocycles. The molecule has 0 amide bonds. The zero-order valence-corrected chi connectivity index (χ0v) is 14.7. The Hall–Kier alpha value is -3.21. The molecule has 0 radical (unpaired) electrons. The van der Waals surface area contributed by atoms with Gasteiger partial charge < -0.3 is 19.5 Å². The van der Waals surface area contributed by atoms with Gasteiger partial charge in [0.1, 0.15) is 36.3 Å². The molecule has 0 atom stereocenters. The Labute approximate surface area is 153 Å². The molecular formula is C21H22N2O3. The molecule has 0 aliphatic rings. The van der Waals surface area contributed by atoms with Gasteiger partial charge in [-0.05, 0) is 54.1 Å². The van der Waals surface area contributed by atoms with E-state index in [1.165, 1.54) is 0 Å². The normalized spacial score (nSPS) is 10.2. The molecule has 0 bridgehead atoms. The van der Waals surface area contributed by atoms with Crippen molar-refractivity contribution in [3.8, 4) is 17.2 Å². The fourth-order valence-corrected chi connectivity index (χ4v) is 2.35. The van der Waals surface area contributed by atoms with E-state index in [2.05, 4.69) is 10.3 Å². The van der Waals surface area contributed by atoms with E-state index in [1.54, 1.807) is 13.3 Å². The Bertz CT molecular complexity index is 775. The van der Waals surface area contributed by atoms with Gasteiger partial charge in [-0.3, -0.25) is 0 Å². The molecule has 1 aromatic heterocycles. The summed E-state index contributed by atoms with van der Waals surface area (Å²) >= 11 is 0. The van der Waals surface area contributed by atoms with Crippen molar-refractivity contribution in [3.05, 3.63) is 78.5 Å². The van der Waals surface area contributed by atoms with Gasteiger partial charge in [0.05, 0.1) is 7.11 Å². The third kappa shape index (κ3) is 5.41. The van der Waals surface area contributed by atoms with Gasteiger partial charge in [0.15, 0.2) is 0 Å². The van der Waals surface area contributed by atoms with Gasteiger partial charge in [-0.15, -0.1) is 0 Å². The maximum atomic E-state index is 5.71. The number of hydrogen-bond donors (Lipinski definition) is 1. The van der Waals surface area contributed by atoms with Crippen molar-refractivity contribution < 1.29 is 14.2 Å². The molecule has 3 aromatic rings. The van der Waals surface area contributed by atoms with E-state index in [9.17, 15) is 0 Å². The van der Waals surface area contributed by atoms with Crippen LogP contribution in [0.15, 0.2) is 72.9 Å². The number of pyridine rings is 1. The van der Waals surface area contributed by atoms with Crippen molar-refractivity contribution in [2.24, 2.45) is 0 Å². The van der Waals surface area contributed by atoms with Crippen LogP contribution in [0.25, 0.3) is 0 Å². The van der Waals surface area contributed by atoms with E-state index < -0.39 is 0 Å². The van der Waals surface area contributed by atoms with Crippen molar-refractivity contribution in [3.63, 3.8) is 0 Å². The zero-order chi connectivity index (χ0) is 18.0. The van der Waals surface area contributed by atoms with Gasteiger partial charge >= 0.3 is 0 Å². The monoisotopic (exact) mass is 350 g/mol. The fraction of sp³-hybridized carbons (Fsp3) is 0.190. The summed E-state index contributed by atoms with van der Waals surface area (Å²) in [5.74, 6) is 3.30. The molecule has 0 aliphatic heterocycles. The Balaban J connectivity index is 1.38. The molecule has 0 fully saturated rings. The van der Waals surface area contributed by atoms with Crippen LogP contribution in [0.2, 0.25) is 0 Å². The molecule has 2 aromatic carbocycles. The Morgan fingerprint density at radius 3 is 1.96 bits per heavy atom. The van der Waals surface area contributed by atoms with Crippen LogP contribution >= 0.6 is 0 Å². The molecule has 0 spiro atoms. The predicted octanol–water partition coefficient (Wildman–Crippen LogP) is 4.16. The fourth-order valence-electron chi connectivity index (χ4n) is 2.35. The maximum Gasteiger partial charge on any atom is 0.126 e. The summed E-state index contributed by atoms with van der Waals surface area (Å²) in [4.78, 5) is 4.24. The van der Waals surface area contributed by atoms with E-state index in [1.807, 2.05) is 66.7 Å². The minimum absolute atomic E-state index is 0.481. The number of aromatic nitrogens is 1. The van der Waals surface area contributed by atoms with E-state index >= 15 is 0 Å². The van der Waals surface area contributed by atoms with Gasteiger partial charge in [0, 0.05) is 12.7 Å². The lowest BCUT2D eigenvalue weighted by atomic mass is 10.2. The molecule has 1 N–H and O–H groups in total. The van der Waals surface area contributed by atoms with Crippen LogP contribution in [0, 0.1) is 0 Å². The second kappa shape index (κ2) is 9.32. The average Bonchev–Trinajstić information content (AvgIpc) is 2.72. The lowest BCUT2D eigenvalue weighted by Crippen LogP contribution is -2.09. The van der Waals surface area contributed by atoms with Crippen LogP contribution in [0.1, 0.15) is 5.56 Å². The molecule has 0 saturated heterocycles. The summed E-state index contributed by atoms with van der Waals surface area (Å²) in [7, 11) is 1.64. The molecular weight excluding hydrogens is 328 g/mol. The third-order valence-corrected chi connectivity index (χ3v) is 3.74. The van der Waals surface area contributed by atoms with Crippen molar-refractivity contribution in [2.45, 2.75) is 6.54 Å². The molecule has 1 heterocycles. The topological polar surface area (TPSA) is 52.6 Å². The minimum Gasteiger partial charge on any atom is -0.497 e. The van der Waals surface area contributed by atoms with E-state index in [0.29, 0.717) is 13.2 Å². The first kappa shape index (κ1) is 17.6. The molecule has 3 rings (SSSR count). The molecule has 0 saturated carbocycles. The second-order valence-corrected chi connectivity index (χ2v) is 5.58. The van der Waals surface area contributed by atoms with Gasteiger partial charge in [0.25, 0.3) is 0 Å². The van der Waals surface area contributed by atoms with Gasteiger partial charge in [0.2, 0.25) is 0 Å². The number of methoxy groups -OCH3 is 1. The first-order chi connectivity index (χ1) is 12.8. The summed E-state index contributed by atoms with van der Waals surface area (Å²) in [5, 5.41) is 3.28. The lowest BCUT2D eigenvalue weighted by molar-refractivity contribution is 0.217. The maximum absolute atomic E-state index is 5.71. The SMILES string of the molecule is COc1ccc(OCCOc2ccc(CNc3ccccn3)cc2)cc1. The van der Waals surface area contributed by atoms with Crippen molar-refractivity contribution in [1.29, 1.82) is 0 Å². The summed E-state index contributed by atoms with van der Waals surface area (Å²) in [6, 6.07) is 21.3. The highest BCUT2D eigenvalue weighted by molar-refractivity contribution is 5.36. The van der Waals surface area contributed by atoms with E-state index in [-0.39, 0.29) is 0 Å². The number of ether oxygens (including phenoxy) is 3. The second-order valence-electron chi connectivity index (χ2n) is 5.58. The molecule has 26 heavy (non-hydrogen) atoms. The number of nitrogens with one attached hydrogen (secondary N) is 1. The number of anilines is 1. The van der Waals surface area contributed by atoms with Crippen molar-refractivity contribution in [1.82, 2.24) is 4.98 Å². The van der Waals surface area contributed by atoms with Crippen molar-refractivity contribution >= 4 is 5.82 Å².